The molecule has 1 saturated heterocycles. The smallest absolute Gasteiger partial charge is 0.343 e. The van der Waals surface area contributed by atoms with E-state index in [9.17, 15) is 24.0 Å². The molecule has 3 aromatic rings. The third-order valence-corrected chi connectivity index (χ3v) is 8.75. The molecule has 1 aliphatic heterocycles. The van der Waals surface area contributed by atoms with Crippen LogP contribution in [0.3, 0.4) is 0 Å². The molecule has 1 heterocycles. The summed E-state index contributed by atoms with van der Waals surface area (Å²) in [6, 6.07) is 20.6. The Labute approximate surface area is 235 Å². The minimum absolute atomic E-state index is 0.142. The van der Waals surface area contributed by atoms with Gasteiger partial charge in [0.1, 0.15) is 5.75 Å². The fourth-order valence-electron chi connectivity index (χ4n) is 6.70. The minimum atomic E-state index is -0.701. The van der Waals surface area contributed by atoms with Crippen LogP contribution in [0.5, 0.6) is 5.75 Å². The highest BCUT2D eigenvalue weighted by Gasteiger charge is 2.67. The first kappa shape index (κ1) is 25.1. The minimum Gasteiger partial charge on any atom is -0.454 e. The lowest BCUT2D eigenvalue weighted by molar-refractivity contribution is -0.124. The molecule has 41 heavy (non-hydrogen) atoms. The predicted octanol–water partition coefficient (Wildman–Crippen LogP) is 4.50. The van der Waals surface area contributed by atoms with Crippen molar-refractivity contribution in [1.29, 1.82) is 0 Å². The second kappa shape index (κ2) is 9.66. The van der Waals surface area contributed by atoms with Gasteiger partial charge < -0.3 is 9.47 Å². The Kier molecular flexibility index (Phi) is 5.92. The molecule has 2 amide bonds. The van der Waals surface area contributed by atoms with Crippen LogP contribution in [-0.2, 0) is 14.3 Å². The van der Waals surface area contributed by atoms with E-state index in [0.29, 0.717) is 28.7 Å². The molecule has 0 aromatic heterocycles. The third-order valence-electron chi connectivity index (χ3n) is 8.75. The molecule has 8 rings (SSSR count). The SMILES string of the molecule is O=C(COC(=O)c1ccc(N2C(=O)C3C4C=CC(C5CC45)C3C2=O)cc1)c1ccc(OC(=O)c2ccccc2)cc1. The van der Waals surface area contributed by atoms with Gasteiger partial charge in [0.05, 0.1) is 28.7 Å². The van der Waals surface area contributed by atoms with Crippen LogP contribution in [-0.4, -0.2) is 36.1 Å². The van der Waals surface area contributed by atoms with Gasteiger partial charge in [0.25, 0.3) is 0 Å². The number of hydrogen-bond acceptors (Lipinski definition) is 7. The molecule has 8 heteroatoms. The number of allylic oxidation sites excluding steroid dienone is 2. The average molecular weight is 548 g/mol. The molecule has 6 unspecified atom stereocenters. The maximum atomic E-state index is 13.3. The molecule has 204 valence electrons. The number of hydrogen-bond donors (Lipinski definition) is 0. The molecule has 4 aliphatic carbocycles. The summed E-state index contributed by atoms with van der Waals surface area (Å²) in [4.78, 5) is 65.2. The fourth-order valence-corrected chi connectivity index (χ4v) is 6.70. The maximum Gasteiger partial charge on any atom is 0.343 e. The van der Waals surface area contributed by atoms with Gasteiger partial charge in [-0.25, -0.2) is 9.59 Å². The summed E-state index contributed by atoms with van der Waals surface area (Å²) in [5.41, 5.74) is 1.33. The zero-order chi connectivity index (χ0) is 28.2. The van der Waals surface area contributed by atoms with Crippen LogP contribution < -0.4 is 9.64 Å². The first-order valence-corrected chi connectivity index (χ1v) is 13.6. The lowest BCUT2D eigenvalue weighted by Crippen LogP contribution is -2.40. The monoisotopic (exact) mass is 547 g/mol. The first-order valence-electron chi connectivity index (χ1n) is 13.6. The number of carbonyl (C=O) groups excluding carboxylic acids is 5. The van der Waals surface area contributed by atoms with Gasteiger partial charge in [-0.1, -0.05) is 30.4 Å². The van der Waals surface area contributed by atoms with Crippen molar-refractivity contribution >= 4 is 35.2 Å². The summed E-state index contributed by atoms with van der Waals surface area (Å²) in [5.74, 6) is -0.920. The Bertz CT molecular complexity index is 1570. The molecule has 2 bridgehead atoms. The van der Waals surface area contributed by atoms with Crippen molar-refractivity contribution in [1.82, 2.24) is 0 Å². The van der Waals surface area contributed by atoms with E-state index in [-0.39, 0.29) is 46.8 Å². The van der Waals surface area contributed by atoms with E-state index in [1.165, 1.54) is 41.3 Å². The number of amides is 2. The summed E-state index contributed by atoms with van der Waals surface area (Å²) >= 11 is 0. The Balaban J connectivity index is 0.952. The second-order valence-corrected chi connectivity index (χ2v) is 11.0. The molecule has 2 saturated carbocycles. The Morgan fingerprint density at radius 2 is 1.24 bits per heavy atom. The van der Waals surface area contributed by atoms with Gasteiger partial charge in [-0.05, 0) is 90.8 Å². The van der Waals surface area contributed by atoms with Crippen molar-refractivity contribution in [3.63, 3.8) is 0 Å². The molecular weight excluding hydrogens is 522 g/mol. The van der Waals surface area contributed by atoms with Crippen molar-refractivity contribution in [2.75, 3.05) is 11.5 Å². The lowest BCUT2D eigenvalue weighted by Gasteiger charge is -2.37. The van der Waals surface area contributed by atoms with Crippen molar-refractivity contribution in [2.45, 2.75) is 6.42 Å². The Morgan fingerprint density at radius 1 is 0.683 bits per heavy atom. The number of esters is 2. The number of imide groups is 1. The first-order chi connectivity index (χ1) is 19.9. The fraction of sp³-hybridized carbons (Fsp3) is 0.242. The number of ketones is 1. The highest BCUT2D eigenvalue weighted by Crippen LogP contribution is 2.65. The quantitative estimate of drug-likeness (QED) is 0.141. The molecule has 0 spiro atoms. The molecule has 6 atom stereocenters. The van der Waals surface area contributed by atoms with Crippen LogP contribution in [0.2, 0.25) is 0 Å². The number of nitrogens with zero attached hydrogens (tertiary/aromatic N) is 1. The molecule has 5 aliphatic rings. The van der Waals surface area contributed by atoms with E-state index in [4.69, 9.17) is 9.47 Å². The number of anilines is 1. The van der Waals surface area contributed by atoms with Gasteiger partial charge in [-0.15, -0.1) is 0 Å². The topological polar surface area (TPSA) is 107 Å². The van der Waals surface area contributed by atoms with Crippen molar-refractivity contribution in [2.24, 2.45) is 35.5 Å². The molecule has 0 N–H and O–H groups in total. The Morgan fingerprint density at radius 3 is 1.85 bits per heavy atom. The van der Waals surface area contributed by atoms with Gasteiger partial charge in [0.2, 0.25) is 11.8 Å². The summed E-state index contributed by atoms with van der Waals surface area (Å²) < 4.78 is 10.5. The van der Waals surface area contributed by atoms with Gasteiger partial charge in [0.15, 0.2) is 12.4 Å². The molecular formula is C33H25NO7. The second-order valence-electron chi connectivity index (χ2n) is 11.0. The standard InChI is InChI=1S/C33H25NO7/c35-27(18-8-12-22(13-9-18)41-33(39)19-4-2-1-3-5-19)17-40-32(38)20-6-10-21(11-7-20)34-30(36)28-23-14-15-24(26-16-25(23)26)29(28)31(34)37/h1-15,23-26,28-29H,16-17H2. The number of benzene rings is 3. The predicted molar refractivity (Wildman–Crippen MR) is 146 cm³/mol. The number of rotatable bonds is 7. The van der Waals surface area contributed by atoms with Crippen LogP contribution in [0.1, 0.15) is 37.5 Å². The lowest BCUT2D eigenvalue weighted by atomic mass is 9.63. The summed E-state index contributed by atoms with van der Waals surface area (Å²) in [7, 11) is 0. The zero-order valence-electron chi connectivity index (χ0n) is 21.8. The highest BCUT2D eigenvalue weighted by molar-refractivity contribution is 6.22. The van der Waals surface area contributed by atoms with Crippen molar-refractivity contribution < 1.29 is 33.4 Å². The summed E-state index contributed by atoms with van der Waals surface area (Å²) in [5, 5.41) is 0. The van der Waals surface area contributed by atoms with Gasteiger partial charge in [0, 0.05) is 5.56 Å². The van der Waals surface area contributed by atoms with Crippen LogP contribution in [0.4, 0.5) is 5.69 Å². The van der Waals surface area contributed by atoms with Crippen LogP contribution >= 0.6 is 0 Å². The van der Waals surface area contributed by atoms with E-state index < -0.39 is 24.3 Å². The van der Waals surface area contributed by atoms with Crippen LogP contribution in [0.15, 0.2) is 91.0 Å². The van der Waals surface area contributed by atoms with Gasteiger partial charge in [-0.2, -0.15) is 0 Å². The van der Waals surface area contributed by atoms with Crippen molar-refractivity contribution in [3.05, 3.63) is 108 Å². The van der Waals surface area contributed by atoms with E-state index in [1.807, 2.05) is 0 Å². The van der Waals surface area contributed by atoms with Crippen molar-refractivity contribution in [3.8, 4) is 5.75 Å². The number of carbonyl (C=O) groups is 5. The number of Topliss-reactive ketones (excluding diaryl/α,β-unsaturated/α-hetero) is 1. The highest BCUT2D eigenvalue weighted by atomic mass is 16.5. The normalized spacial score (nSPS) is 26.8. The van der Waals surface area contributed by atoms with Gasteiger partial charge in [-0.3, -0.25) is 19.3 Å². The van der Waals surface area contributed by atoms with E-state index >= 15 is 0 Å². The zero-order valence-corrected chi connectivity index (χ0v) is 21.8. The average Bonchev–Trinajstić information content (AvgIpc) is 3.79. The largest absolute Gasteiger partial charge is 0.454 e. The Hall–Kier alpha value is -4.85. The third kappa shape index (κ3) is 4.27. The van der Waals surface area contributed by atoms with Gasteiger partial charge >= 0.3 is 11.9 Å². The molecule has 3 aromatic carbocycles. The van der Waals surface area contributed by atoms with Crippen LogP contribution in [0, 0.1) is 35.5 Å². The van der Waals surface area contributed by atoms with E-state index in [2.05, 4.69) is 12.2 Å². The summed E-state index contributed by atoms with van der Waals surface area (Å²) in [6.45, 7) is -0.478. The van der Waals surface area contributed by atoms with Crippen LogP contribution in [0.25, 0.3) is 0 Å². The van der Waals surface area contributed by atoms with E-state index in [1.54, 1.807) is 42.5 Å². The molecule has 8 nitrogen and oxygen atoms in total. The summed E-state index contributed by atoms with van der Waals surface area (Å²) in [6.07, 6.45) is 5.36. The maximum absolute atomic E-state index is 13.3. The van der Waals surface area contributed by atoms with E-state index in [0.717, 1.165) is 6.42 Å². The molecule has 3 fully saturated rings. The molecule has 0 radical (unpaired) electrons. The number of ether oxygens (including phenoxy) is 2.